The number of halogens is 1. The summed E-state index contributed by atoms with van der Waals surface area (Å²) in [6, 6.07) is 9.76. The van der Waals surface area contributed by atoms with Crippen molar-refractivity contribution < 1.29 is 4.79 Å². The standard InChI is InChI=1S/C13H16BrN3O/c1-13(2,9-15)12(18)17-7-6-16-11-5-3-4-10(14)8-11/h3-5,8,16H,6-7H2,1-2H3,(H,17,18). The van der Waals surface area contributed by atoms with Gasteiger partial charge in [-0.3, -0.25) is 4.79 Å². The fraction of sp³-hybridized carbons (Fsp3) is 0.385. The van der Waals surface area contributed by atoms with Crippen molar-refractivity contribution in [2.45, 2.75) is 13.8 Å². The smallest absolute Gasteiger partial charge is 0.239 e. The van der Waals surface area contributed by atoms with Gasteiger partial charge in [-0.2, -0.15) is 5.26 Å². The zero-order valence-electron chi connectivity index (χ0n) is 10.5. The Morgan fingerprint density at radius 2 is 2.17 bits per heavy atom. The predicted octanol–water partition coefficient (Wildman–Crippen LogP) is 2.53. The SMILES string of the molecule is CC(C)(C#N)C(=O)NCCNc1cccc(Br)c1. The molecule has 18 heavy (non-hydrogen) atoms. The van der Waals surface area contributed by atoms with E-state index in [9.17, 15) is 4.79 Å². The zero-order valence-corrected chi connectivity index (χ0v) is 12.0. The van der Waals surface area contributed by atoms with Crippen LogP contribution in [0.2, 0.25) is 0 Å². The molecule has 0 aliphatic carbocycles. The van der Waals surface area contributed by atoms with Crippen LogP contribution < -0.4 is 10.6 Å². The van der Waals surface area contributed by atoms with Crippen molar-refractivity contribution in [3.8, 4) is 6.07 Å². The Hall–Kier alpha value is -1.54. The lowest BCUT2D eigenvalue weighted by Gasteiger charge is -2.15. The average Bonchev–Trinajstić information content (AvgIpc) is 2.34. The fourth-order valence-corrected chi connectivity index (χ4v) is 1.65. The Morgan fingerprint density at radius 3 is 2.78 bits per heavy atom. The molecule has 0 unspecified atom stereocenters. The van der Waals surface area contributed by atoms with Gasteiger partial charge in [0.05, 0.1) is 6.07 Å². The van der Waals surface area contributed by atoms with Gasteiger partial charge in [0, 0.05) is 23.2 Å². The number of benzene rings is 1. The van der Waals surface area contributed by atoms with Crippen molar-refractivity contribution in [1.29, 1.82) is 5.26 Å². The first-order valence-corrected chi connectivity index (χ1v) is 6.44. The van der Waals surface area contributed by atoms with Gasteiger partial charge in [0.2, 0.25) is 5.91 Å². The average molecular weight is 310 g/mol. The molecular weight excluding hydrogens is 294 g/mol. The lowest BCUT2D eigenvalue weighted by Crippen LogP contribution is -2.38. The molecule has 2 N–H and O–H groups in total. The third-order valence-corrected chi connectivity index (χ3v) is 2.90. The number of hydrogen-bond acceptors (Lipinski definition) is 3. The minimum Gasteiger partial charge on any atom is -0.383 e. The zero-order chi connectivity index (χ0) is 13.6. The molecule has 1 aromatic rings. The molecule has 0 saturated heterocycles. The van der Waals surface area contributed by atoms with E-state index in [0.717, 1.165) is 10.2 Å². The maximum atomic E-state index is 11.6. The second kappa shape index (κ2) is 6.41. The summed E-state index contributed by atoms with van der Waals surface area (Å²) in [6.45, 7) is 4.30. The van der Waals surface area contributed by atoms with Crippen LogP contribution in [-0.2, 0) is 4.79 Å². The number of nitriles is 1. The van der Waals surface area contributed by atoms with Crippen molar-refractivity contribution in [3.63, 3.8) is 0 Å². The van der Waals surface area contributed by atoms with Crippen molar-refractivity contribution >= 4 is 27.5 Å². The van der Waals surface area contributed by atoms with Crippen molar-refractivity contribution in [2.75, 3.05) is 18.4 Å². The van der Waals surface area contributed by atoms with E-state index in [1.165, 1.54) is 0 Å². The summed E-state index contributed by atoms with van der Waals surface area (Å²) < 4.78 is 1.00. The topological polar surface area (TPSA) is 64.9 Å². The van der Waals surface area contributed by atoms with Crippen LogP contribution in [0.15, 0.2) is 28.7 Å². The lowest BCUT2D eigenvalue weighted by atomic mass is 9.95. The van der Waals surface area contributed by atoms with Crippen LogP contribution in [0, 0.1) is 16.7 Å². The molecule has 4 nitrogen and oxygen atoms in total. The van der Waals surface area contributed by atoms with E-state index in [2.05, 4.69) is 26.6 Å². The molecule has 0 aromatic heterocycles. The highest BCUT2D eigenvalue weighted by atomic mass is 79.9. The first kappa shape index (κ1) is 14.5. The molecule has 0 aliphatic rings. The van der Waals surface area contributed by atoms with Gasteiger partial charge in [-0.15, -0.1) is 0 Å². The number of anilines is 1. The van der Waals surface area contributed by atoms with Crippen LogP contribution in [-0.4, -0.2) is 19.0 Å². The number of carbonyl (C=O) groups is 1. The molecule has 1 aromatic carbocycles. The summed E-state index contributed by atoms with van der Waals surface area (Å²) in [6.07, 6.45) is 0. The van der Waals surface area contributed by atoms with Crippen molar-refractivity contribution in [2.24, 2.45) is 5.41 Å². The Morgan fingerprint density at radius 1 is 1.44 bits per heavy atom. The number of rotatable bonds is 5. The molecule has 0 aliphatic heterocycles. The summed E-state index contributed by atoms with van der Waals surface area (Å²) in [4.78, 5) is 11.6. The number of amides is 1. The Kier molecular flexibility index (Phi) is 5.17. The minimum absolute atomic E-state index is 0.249. The maximum Gasteiger partial charge on any atom is 0.239 e. The van der Waals surface area contributed by atoms with E-state index in [-0.39, 0.29) is 5.91 Å². The highest BCUT2D eigenvalue weighted by molar-refractivity contribution is 9.10. The highest BCUT2D eigenvalue weighted by Crippen LogP contribution is 2.15. The van der Waals surface area contributed by atoms with Crippen LogP contribution in [0.25, 0.3) is 0 Å². The number of nitrogens with one attached hydrogen (secondary N) is 2. The number of hydrogen-bond donors (Lipinski definition) is 2. The van der Waals surface area contributed by atoms with E-state index in [4.69, 9.17) is 5.26 Å². The van der Waals surface area contributed by atoms with E-state index in [1.807, 2.05) is 30.3 Å². The third kappa shape index (κ3) is 4.38. The molecule has 0 bridgehead atoms. The molecule has 1 amide bonds. The van der Waals surface area contributed by atoms with Gasteiger partial charge in [0.15, 0.2) is 0 Å². The summed E-state index contributed by atoms with van der Waals surface area (Å²) in [7, 11) is 0. The molecule has 0 fully saturated rings. The van der Waals surface area contributed by atoms with Crippen molar-refractivity contribution in [1.82, 2.24) is 5.32 Å². The van der Waals surface area contributed by atoms with Gasteiger partial charge in [-0.25, -0.2) is 0 Å². The Balaban J connectivity index is 2.32. The maximum absolute atomic E-state index is 11.6. The van der Waals surface area contributed by atoms with Gasteiger partial charge in [-0.1, -0.05) is 22.0 Å². The van der Waals surface area contributed by atoms with Gasteiger partial charge in [-0.05, 0) is 32.0 Å². The van der Waals surface area contributed by atoms with Gasteiger partial charge < -0.3 is 10.6 Å². The molecule has 5 heteroatoms. The largest absolute Gasteiger partial charge is 0.383 e. The van der Waals surface area contributed by atoms with Crippen molar-refractivity contribution in [3.05, 3.63) is 28.7 Å². The first-order valence-electron chi connectivity index (χ1n) is 5.65. The normalized spacial score (nSPS) is 10.6. The summed E-state index contributed by atoms with van der Waals surface area (Å²) in [5, 5.41) is 14.7. The van der Waals surface area contributed by atoms with E-state index >= 15 is 0 Å². The summed E-state index contributed by atoms with van der Waals surface area (Å²) in [5.41, 5.74) is 0.00800. The summed E-state index contributed by atoms with van der Waals surface area (Å²) >= 11 is 3.38. The van der Waals surface area contributed by atoms with E-state index in [1.54, 1.807) is 13.8 Å². The van der Waals surface area contributed by atoms with Gasteiger partial charge >= 0.3 is 0 Å². The molecule has 0 radical (unpaired) electrons. The fourth-order valence-electron chi connectivity index (χ4n) is 1.25. The molecule has 0 heterocycles. The summed E-state index contributed by atoms with van der Waals surface area (Å²) in [5.74, 6) is -0.249. The number of carbonyl (C=O) groups excluding carboxylic acids is 1. The molecule has 0 saturated carbocycles. The second-order valence-corrected chi connectivity index (χ2v) is 5.35. The Labute approximate surface area is 116 Å². The predicted molar refractivity (Wildman–Crippen MR) is 75.0 cm³/mol. The van der Waals surface area contributed by atoms with Gasteiger partial charge in [0.1, 0.15) is 5.41 Å². The quantitative estimate of drug-likeness (QED) is 0.821. The minimum atomic E-state index is -0.976. The lowest BCUT2D eigenvalue weighted by molar-refractivity contribution is -0.126. The van der Waals surface area contributed by atoms with Gasteiger partial charge in [0.25, 0.3) is 0 Å². The first-order chi connectivity index (χ1) is 8.45. The van der Waals surface area contributed by atoms with Crippen LogP contribution in [0.1, 0.15) is 13.8 Å². The van der Waals surface area contributed by atoms with Crippen LogP contribution >= 0.6 is 15.9 Å². The second-order valence-electron chi connectivity index (χ2n) is 4.43. The van der Waals surface area contributed by atoms with Crippen LogP contribution in [0.5, 0.6) is 0 Å². The van der Waals surface area contributed by atoms with E-state index < -0.39 is 5.41 Å². The molecule has 0 atom stereocenters. The number of nitrogens with zero attached hydrogens (tertiary/aromatic N) is 1. The molecular formula is C13H16BrN3O. The monoisotopic (exact) mass is 309 g/mol. The third-order valence-electron chi connectivity index (χ3n) is 2.41. The van der Waals surface area contributed by atoms with Crippen LogP contribution in [0.4, 0.5) is 5.69 Å². The highest BCUT2D eigenvalue weighted by Gasteiger charge is 2.26. The molecule has 96 valence electrons. The van der Waals surface area contributed by atoms with Crippen LogP contribution in [0.3, 0.4) is 0 Å². The molecule has 1 rings (SSSR count). The van der Waals surface area contributed by atoms with E-state index in [0.29, 0.717) is 13.1 Å². The molecule has 0 spiro atoms. The Bertz CT molecular complexity index is 466.